The minimum atomic E-state index is -4.94. The van der Waals surface area contributed by atoms with Gasteiger partial charge in [-0.15, -0.1) is 10.2 Å². The summed E-state index contributed by atoms with van der Waals surface area (Å²) in [7, 11) is -4.94. The Balaban J connectivity index is 0.000000249. The van der Waals surface area contributed by atoms with Gasteiger partial charge in [-0.3, -0.25) is 0 Å². The molecule has 1 aromatic carbocycles. The Morgan fingerprint density at radius 2 is 1.53 bits per heavy atom. The fraction of sp³-hybridized carbons (Fsp3) is 0.182. The van der Waals surface area contributed by atoms with Gasteiger partial charge in [0.05, 0.1) is 19.2 Å². The fourth-order valence-corrected chi connectivity index (χ4v) is 1.49. The molecule has 0 amide bonds. The van der Waals surface area contributed by atoms with E-state index in [4.69, 9.17) is 23.1 Å². The van der Waals surface area contributed by atoms with Crippen molar-refractivity contribution in [2.75, 3.05) is 0 Å². The van der Waals surface area contributed by atoms with Crippen LogP contribution in [0.25, 0.3) is 10.8 Å². The summed E-state index contributed by atoms with van der Waals surface area (Å²) < 4.78 is 39.5. The van der Waals surface area contributed by atoms with Gasteiger partial charge in [0.25, 0.3) is 0 Å². The van der Waals surface area contributed by atoms with Gasteiger partial charge in [0.15, 0.2) is 0 Å². The summed E-state index contributed by atoms with van der Waals surface area (Å²) in [5.74, 6) is 1.96. The highest BCUT2D eigenvalue weighted by atomic mass is 35.7. The van der Waals surface area contributed by atoms with E-state index in [1.54, 1.807) is 0 Å². The maximum Gasteiger partial charge on any atom is 0.334 e. The molecule has 5 nitrogen and oxygen atoms in total. The topological polar surface area (TPSA) is 104 Å². The Morgan fingerprint density at radius 3 is 2.12 bits per heavy atom. The molecule has 0 bridgehead atoms. The summed E-state index contributed by atoms with van der Waals surface area (Å²) >= 11 is 0. The van der Waals surface area contributed by atoms with Crippen LogP contribution in [0.4, 0.5) is 0 Å². The zero-order valence-corrected chi connectivity index (χ0v) is 10.1. The monoisotopic (exact) mass is 258 g/mol. The molecule has 0 aliphatic heterocycles. The standard InChI is InChI=1S/C11H11O.ClHO4/c1-8-7-10-5-3-4-6-11(10)9(2)12-8;2-1(3,4)5/h3-7H,1-2H3;(H,2,3,4,5)/q+1;/p-1. The van der Waals surface area contributed by atoms with E-state index in [2.05, 4.69) is 18.2 Å². The van der Waals surface area contributed by atoms with Gasteiger partial charge in [0.1, 0.15) is 0 Å². The molecule has 2 rings (SSSR count). The van der Waals surface area contributed by atoms with Crippen LogP contribution in [0.15, 0.2) is 34.7 Å². The molecular weight excluding hydrogens is 248 g/mol. The van der Waals surface area contributed by atoms with Gasteiger partial charge in [-0.25, -0.2) is 23.1 Å². The second kappa shape index (κ2) is 5.39. The molecule has 17 heavy (non-hydrogen) atoms. The second-order valence-corrected chi connectivity index (χ2v) is 4.13. The zero-order chi connectivity index (χ0) is 13.1. The van der Waals surface area contributed by atoms with E-state index in [0.29, 0.717) is 0 Å². The minimum Gasteiger partial charge on any atom is -0.222 e. The normalized spacial score (nSPS) is 10.9. The quantitative estimate of drug-likeness (QED) is 0.539. The highest BCUT2D eigenvalue weighted by molar-refractivity contribution is 5.83. The predicted octanol–water partition coefficient (Wildman–Crippen LogP) is -1.43. The van der Waals surface area contributed by atoms with E-state index in [1.807, 2.05) is 26.0 Å². The van der Waals surface area contributed by atoms with E-state index in [9.17, 15) is 0 Å². The molecule has 1 heterocycles. The van der Waals surface area contributed by atoms with Crippen molar-refractivity contribution in [2.24, 2.45) is 0 Å². The molecule has 0 saturated heterocycles. The van der Waals surface area contributed by atoms with Gasteiger partial charge in [-0.1, -0.05) is 18.2 Å². The average molecular weight is 259 g/mol. The van der Waals surface area contributed by atoms with Gasteiger partial charge in [-0.2, -0.15) is 0 Å². The molecule has 1 aromatic heterocycles. The molecule has 92 valence electrons. The SMILES string of the molecule is Cc1cc2ccccc2c(C)[o+]1.[O-][Cl+3]([O-])([O-])[O-]. The number of halogens is 1. The van der Waals surface area contributed by atoms with Crippen LogP contribution < -0.4 is 18.6 Å². The largest absolute Gasteiger partial charge is 0.334 e. The molecule has 0 aliphatic rings. The van der Waals surface area contributed by atoms with Crippen molar-refractivity contribution in [3.63, 3.8) is 0 Å². The molecule has 6 heteroatoms. The van der Waals surface area contributed by atoms with Crippen LogP contribution >= 0.6 is 0 Å². The van der Waals surface area contributed by atoms with Crippen LogP contribution in [0.3, 0.4) is 0 Å². The lowest BCUT2D eigenvalue weighted by Gasteiger charge is -2.17. The second-order valence-electron chi connectivity index (χ2n) is 3.38. The first-order valence-electron chi connectivity index (χ1n) is 4.68. The Kier molecular flexibility index (Phi) is 4.39. The molecule has 0 saturated carbocycles. The number of rotatable bonds is 0. The van der Waals surface area contributed by atoms with E-state index in [1.165, 1.54) is 10.8 Å². The molecule has 0 spiro atoms. The summed E-state index contributed by atoms with van der Waals surface area (Å²) in [4.78, 5) is 0. The number of hydrogen-bond acceptors (Lipinski definition) is 4. The Hall–Kier alpha value is -1.24. The lowest BCUT2D eigenvalue weighted by Crippen LogP contribution is -2.68. The van der Waals surface area contributed by atoms with Gasteiger partial charge >= 0.3 is 11.5 Å². The molecule has 0 N–H and O–H groups in total. The smallest absolute Gasteiger partial charge is 0.222 e. The lowest BCUT2D eigenvalue weighted by molar-refractivity contribution is -2.00. The lowest BCUT2D eigenvalue weighted by atomic mass is 10.1. The van der Waals surface area contributed by atoms with Crippen LogP contribution in [0.5, 0.6) is 0 Å². The molecule has 0 unspecified atom stereocenters. The summed E-state index contributed by atoms with van der Waals surface area (Å²) in [6.07, 6.45) is 0. The number of aryl methyl sites for hydroxylation is 2. The van der Waals surface area contributed by atoms with E-state index in [-0.39, 0.29) is 0 Å². The maximum atomic E-state index is 8.49. The van der Waals surface area contributed by atoms with Gasteiger partial charge in [0.2, 0.25) is 0 Å². The first-order valence-corrected chi connectivity index (χ1v) is 5.91. The van der Waals surface area contributed by atoms with Crippen molar-refractivity contribution >= 4 is 10.8 Å². The van der Waals surface area contributed by atoms with Crippen LogP contribution in [0.2, 0.25) is 0 Å². The molecule has 0 aliphatic carbocycles. The molecule has 0 radical (unpaired) electrons. The first-order chi connectivity index (χ1) is 7.77. The molecule has 0 atom stereocenters. The van der Waals surface area contributed by atoms with Crippen molar-refractivity contribution in [1.82, 2.24) is 0 Å². The fourth-order valence-electron chi connectivity index (χ4n) is 1.49. The number of fused-ring (bicyclic) bond motifs is 1. The minimum absolute atomic E-state index is 0.964. The van der Waals surface area contributed by atoms with Crippen molar-refractivity contribution in [2.45, 2.75) is 13.8 Å². The summed E-state index contributed by atoms with van der Waals surface area (Å²) in [6, 6.07) is 10.3. The Morgan fingerprint density at radius 1 is 1.00 bits per heavy atom. The average Bonchev–Trinajstić information content (AvgIpc) is 2.14. The van der Waals surface area contributed by atoms with Gasteiger partial charge < -0.3 is 0 Å². The van der Waals surface area contributed by atoms with Crippen molar-refractivity contribution in [3.8, 4) is 0 Å². The summed E-state index contributed by atoms with van der Waals surface area (Å²) in [6.45, 7) is 3.97. The van der Waals surface area contributed by atoms with Crippen LogP contribution in [-0.4, -0.2) is 0 Å². The maximum absolute atomic E-state index is 8.49. The zero-order valence-electron chi connectivity index (χ0n) is 9.31. The van der Waals surface area contributed by atoms with Crippen molar-refractivity contribution < 1.29 is 33.3 Å². The molecular formula is C11H11ClO5. The summed E-state index contributed by atoms with van der Waals surface area (Å²) in [5, 5.41) is 2.45. The Labute approximate surface area is 100 Å². The van der Waals surface area contributed by atoms with Crippen LogP contribution in [-0.2, 0) is 0 Å². The molecule has 2 aromatic rings. The van der Waals surface area contributed by atoms with Gasteiger partial charge in [0, 0.05) is 6.07 Å². The third-order valence-electron chi connectivity index (χ3n) is 2.01. The third kappa shape index (κ3) is 5.08. The summed E-state index contributed by atoms with van der Waals surface area (Å²) in [5.41, 5.74) is 0. The van der Waals surface area contributed by atoms with E-state index < -0.39 is 10.2 Å². The molecule has 0 fully saturated rings. The van der Waals surface area contributed by atoms with Crippen molar-refractivity contribution in [3.05, 3.63) is 41.9 Å². The van der Waals surface area contributed by atoms with Crippen molar-refractivity contribution in [1.29, 1.82) is 0 Å². The van der Waals surface area contributed by atoms with Gasteiger partial charge in [-0.05, 0) is 11.5 Å². The van der Waals surface area contributed by atoms with E-state index in [0.717, 1.165) is 11.5 Å². The highest BCUT2D eigenvalue weighted by Gasteiger charge is 2.09. The highest BCUT2D eigenvalue weighted by Crippen LogP contribution is 2.19. The van der Waals surface area contributed by atoms with Crippen LogP contribution in [0, 0.1) is 24.1 Å². The first kappa shape index (κ1) is 13.8. The number of hydrogen-bond donors (Lipinski definition) is 0. The van der Waals surface area contributed by atoms with Crippen LogP contribution in [0.1, 0.15) is 11.5 Å². The van der Waals surface area contributed by atoms with E-state index >= 15 is 0 Å². The predicted molar refractivity (Wildman–Crippen MR) is 50.1 cm³/mol. The third-order valence-corrected chi connectivity index (χ3v) is 2.01. The Bertz CT molecular complexity index is 501. The number of benzene rings is 1.